The largest absolute Gasteiger partial charge is 0.311 e. The Hall–Kier alpha value is -0.380. The molecule has 0 bridgehead atoms. The van der Waals surface area contributed by atoms with Crippen LogP contribution in [0.3, 0.4) is 0 Å². The highest BCUT2D eigenvalue weighted by atomic mass is 32.1. The molecule has 1 aromatic heterocycles. The molecule has 1 fully saturated rings. The molecule has 2 rings (SSSR count). The van der Waals surface area contributed by atoms with Crippen molar-refractivity contribution in [2.45, 2.75) is 52.2 Å². The van der Waals surface area contributed by atoms with Crippen molar-refractivity contribution in [1.82, 2.24) is 10.2 Å². The van der Waals surface area contributed by atoms with Crippen molar-refractivity contribution in [3.63, 3.8) is 0 Å². The van der Waals surface area contributed by atoms with Crippen molar-refractivity contribution in [3.8, 4) is 0 Å². The third-order valence-electron chi connectivity index (χ3n) is 4.00. The molecule has 3 heteroatoms. The van der Waals surface area contributed by atoms with Crippen molar-refractivity contribution in [1.29, 1.82) is 0 Å². The van der Waals surface area contributed by atoms with E-state index in [0.717, 1.165) is 12.5 Å². The molecule has 1 saturated heterocycles. The highest BCUT2D eigenvalue weighted by molar-refractivity contribution is 7.09. The molecule has 3 atom stereocenters. The predicted octanol–water partition coefficient (Wildman–Crippen LogP) is 3.00. The van der Waals surface area contributed by atoms with Crippen LogP contribution >= 0.6 is 11.3 Å². The summed E-state index contributed by atoms with van der Waals surface area (Å²) in [6.07, 6.45) is 1.19. The zero-order chi connectivity index (χ0) is 13.1. The maximum atomic E-state index is 3.62. The van der Waals surface area contributed by atoms with E-state index in [1.54, 1.807) is 0 Å². The first-order valence-electron chi connectivity index (χ1n) is 7.09. The van der Waals surface area contributed by atoms with Gasteiger partial charge in [-0.05, 0) is 37.6 Å². The van der Waals surface area contributed by atoms with E-state index in [9.17, 15) is 0 Å². The standard InChI is InChI=1S/C15H26N2S/c1-11(2)15-9-16-12(3)10-17(15)13(4)8-14-6-5-7-18-14/h5-7,11-13,15-16H,8-10H2,1-4H3. The smallest absolute Gasteiger partial charge is 0.0247 e. The monoisotopic (exact) mass is 266 g/mol. The van der Waals surface area contributed by atoms with E-state index in [0.29, 0.717) is 18.1 Å². The first-order chi connectivity index (χ1) is 8.58. The quantitative estimate of drug-likeness (QED) is 0.901. The summed E-state index contributed by atoms with van der Waals surface area (Å²) < 4.78 is 0. The fourth-order valence-electron chi connectivity index (χ4n) is 2.92. The van der Waals surface area contributed by atoms with E-state index in [-0.39, 0.29) is 0 Å². The molecule has 2 nitrogen and oxygen atoms in total. The second-order valence-electron chi connectivity index (χ2n) is 5.95. The number of nitrogens with one attached hydrogen (secondary N) is 1. The number of hydrogen-bond donors (Lipinski definition) is 1. The first kappa shape index (κ1) is 14.0. The normalized spacial score (nSPS) is 27.6. The van der Waals surface area contributed by atoms with Crippen LogP contribution in [0.25, 0.3) is 0 Å². The highest BCUT2D eigenvalue weighted by Gasteiger charge is 2.31. The van der Waals surface area contributed by atoms with Crippen molar-refractivity contribution >= 4 is 11.3 Å². The van der Waals surface area contributed by atoms with Gasteiger partial charge in [0.05, 0.1) is 0 Å². The molecular formula is C15H26N2S. The minimum atomic E-state index is 0.616. The van der Waals surface area contributed by atoms with Gasteiger partial charge in [-0.3, -0.25) is 4.90 Å². The van der Waals surface area contributed by atoms with Gasteiger partial charge in [-0.15, -0.1) is 11.3 Å². The summed E-state index contributed by atoms with van der Waals surface area (Å²) >= 11 is 1.88. The van der Waals surface area contributed by atoms with Gasteiger partial charge in [0, 0.05) is 36.1 Å². The molecule has 1 aliphatic heterocycles. The average molecular weight is 266 g/mol. The lowest BCUT2D eigenvalue weighted by molar-refractivity contribution is 0.0664. The van der Waals surface area contributed by atoms with Crippen LogP contribution in [0.1, 0.15) is 32.6 Å². The summed E-state index contributed by atoms with van der Waals surface area (Å²) in [4.78, 5) is 4.22. The molecule has 1 N–H and O–H groups in total. The van der Waals surface area contributed by atoms with Crippen LogP contribution in [0.15, 0.2) is 17.5 Å². The molecule has 0 saturated carbocycles. The minimum absolute atomic E-state index is 0.616. The molecule has 1 aromatic rings. The summed E-state index contributed by atoms with van der Waals surface area (Å²) in [5, 5.41) is 5.80. The van der Waals surface area contributed by atoms with Crippen molar-refractivity contribution in [2.75, 3.05) is 13.1 Å². The number of rotatable bonds is 4. The van der Waals surface area contributed by atoms with Crippen LogP contribution in [0.5, 0.6) is 0 Å². The summed E-state index contributed by atoms with van der Waals surface area (Å²) in [6.45, 7) is 11.7. The van der Waals surface area contributed by atoms with Crippen LogP contribution in [-0.2, 0) is 6.42 Å². The summed E-state index contributed by atoms with van der Waals surface area (Å²) in [5.74, 6) is 0.718. The number of thiophene rings is 1. The van der Waals surface area contributed by atoms with E-state index >= 15 is 0 Å². The Balaban J connectivity index is 2.02. The Morgan fingerprint density at radius 1 is 1.44 bits per heavy atom. The van der Waals surface area contributed by atoms with Gasteiger partial charge in [0.2, 0.25) is 0 Å². The number of piperazine rings is 1. The Bertz CT molecular complexity index is 347. The Kier molecular flexibility index (Phi) is 4.82. The van der Waals surface area contributed by atoms with Gasteiger partial charge >= 0.3 is 0 Å². The Morgan fingerprint density at radius 3 is 2.83 bits per heavy atom. The number of hydrogen-bond acceptors (Lipinski definition) is 3. The van der Waals surface area contributed by atoms with Gasteiger partial charge in [-0.25, -0.2) is 0 Å². The molecule has 2 heterocycles. The van der Waals surface area contributed by atoms with Crippen molar-refractivity contribution in [3.05, 3.63) is 22.4 Å². The summed E-state index contributed by atoms with van der Waals surface area (Å²) in [5.41, 5.74) is 0. The molecule has 0 spiro atoms. The molecule has 0 aliphatic carbocycles. The second-order valence-corrected chi connectivity index (χ2v) is 6.98. The molecule has 1 aliphatic rings. The third kappa shape index (κ3) is 3.34. The fraction of sp³-hybridized carbons (Fsp3) is 0.733. The van der Waals surface area contributed by atoms with Gasteiger partial charge in [-0.1, -0.05) is 19.9 Å². The molecule has 102 valence electrons. The highest BCUT2D eigenvalue weighted by Crippen LogP contribution is 2.21. The zero-order valence-electron chi connectivity index (χ0n) is 12.0. The van der Waals surface area contributed by atoms with E-state index in [1.807, 2.05) is 11.3 Å². The topological polar surface area (TPSA) is 15.3 Å². The third-order valence-corrected chi connectivity index (χ3v) is 4.90. The van der Waals surface area contributed by atoms with E-state index < -0.39 is 0 Å². The van der Waals surface area contributed by atoms with Gasteiger partial charge < -0.3 is 5.32 Å². The minimum Gasteiger partial charge on any atom is -0.311 e. The molecule has 18 heavy (non-hydrogen) atoms. The van der Waals surface area contributed by atoms with Crippen LogP contribution in [-0.4, -0.2) is 36.1 Å². The molecule has 0 radical (unpaired) electrons. The van der Waals surface area contributed by atoms with Gasteiger partial charge in [0.25, 0.3) is 0 Å². The lowest BCUT2D eigenvalue weighted by atomic mass is 9.96. The van der Waals surface area contributed by atoms with Crippen LogP contribution in [0.4, 0.5) is 0 Å². The number of nitrogens with zero attached hydrogens (tertiary/aromatic N) is 1. The molecule has 0 amide bonds. The molecular weight excluding hydrogens is 240 g/mol. The molecule has 0 aromatic carbocycles. The van der Waals surface area contributed by atoms with E-state index in [4.69, 9.17) is 0 Å². The Morgan fingerprint density at radius 2 is 2.22 bits per heavy atom. The van der Waals surface area contributed by atoms with E-state index in [2.05, 4.69) is 55.4 Å². The summed E-state index contributed by atoms with van der Waals surface area (Å²) in [7, 11) is 0. The van der Waals surface area contributed by atoms with Crippen molar-refractivity contribution in [2.24, 2.45) is 5.92 Å². The summed E-state index contributed by atoms with van der Waals surface area (Å²) in [6, 6.07) is 6.35. The lowest BCUT2D eigenvalue weighted by Crippen LogP contribution is -2.60. The van der Waals surface area contributed by atoms with Crippen LogP contribution in [0, 0.1) is 5.92 Å². The van der Waals surface area contributed by atoms with Gasteiger partial charge in [-0.2, -0.15) is 0 Å². The fourth-order valence-corrected chi connectivity index (χ4v) is 3.74. The van der Waals surface area contributed by atoms with Crippen molar-refractivity contribution < 1.29 is 0 Å². The second kappa shape index (κ2) is 6.18. The predicted molar refractivity (Wildman–Crippen MR) is 80.3 cm³/mol. The Labute approximate surface area is 115 Å². The lowest BCUT2D eigenvalue weighted by Gasteiger charge is -2.44. The maximum absolute atomic E-state index is 3.62. The van der Waals surface area contributed by atoms with Crippen LogP contribution < -0.4 is 5.32 Å². The first-order valence-corrected chi connectivity index (χ1v) is 7.97. The molecule has 3 unspecified atom stereocenters. The van der Waals surface area contributed by atoms with Crippen LogP contribution in [0.2, 0.25) is 0 Å². The maximum Gasteiger partial charge on any atom is 0.0247 e. The SMILES string of the molecule is CC1CN(C(C)Cc2cccs2)C(C(C)C)CN1. The average Bonchev–Trinajstić information content (AvgIpc) is 2.81. The zero-order valence-corrected chi connectivity index (χ0v) is 12.8. The van der Waals surface area contributed by atoms with Gasteiger partial charge in [0.1, 0.15) is 0 Å². The van der Waals surface area contributed by atoms with Gasteiger partial charge in [0.15, 0.2) is 0 Å². The van der Waals surface area contributed by atoms with E-state index in [1.165, 1.54) is 17.8 Å².